The van der Waals surface area contributed by atoms with Crippen LogP contribution in [0.15, 0.2) is 88.5 Å². The van der Waals surface area contributed by atoms with Gasteiger partial charge in [-0.15, -0.1) is 0 Å². The molecule has 3 aromatic carbocycles. The molecule has 0 saturated heterocycles. The summed E-state index contributed by atoms with van der Waals surface area (Å²) in [5.74, 6) is 0.836. The van der Waals surface area contributed by atoms with Crippen molar-refractivity contribution in [1.82, 2.24) is 4.98 Å². The van der Waals surface area contributed by atoms with Crippen molar-refractivity contribution in [1.29, 1.82) is 0 Å². The molecular weight excluding hydrogens is 392 g/mol. The Balaban J connectivity index is 1.53. The maximum absolute atomic E-state index is 12.5. The Hall–Kier alpha value is -3.31. The highest BCUT2D eigenvalue weighted by Crippen LogP contribution is 2.35. The number of thioether (sulfide) groups is 1. The van der Waals surface area contributed by atoms with Crippen molar-refractivity contribution in [2.75, 3.05) is 11.1 Å². The summed E-state index contributed by atoms with van der Waals surface area (Å²) in [6, 6.07) is 25.8. The summed E-state index contributed by atoms with van der Waals surface area (Å²) < 4.78 is 6.07. The van der Waals surface area contributed by atoms with Gasteiger partial charge in [-0.25, -0.2) is 4.98 Å². The van der Waals surface area contributed by atoms with Gasteiger partial charge in [0.05, 0.1) is 5.75 Å². The number of rotatable bonds is 6. The van der Waals surface area contributed by atoms with Gasteiger partial charge in [0.25, 0.3) is 5.22 Å². The van der Waals surface area contributed by atoms with Crippen LogP contribution >= 0.6 is 11.8 Å². The Morgan fingerprint density at radius 2 is 1.60 bits per heavy atom. The molecule has 150 valence electrons. The average Bonchev–Trinajstić information content (AvgIpc) is 3.20. The van der Waals surface area contributed by atoms with Gasteiger partial charge in [0.15, 0.2) is 5.76 Å². The molecule has 0 bridgehead atoms. The Morgan fingerprint density at radius 1 is 0.933 bits per heavy atom. The maximum atomic E-state index is 12.5. The third-order valence-electron chi connectivity index (χ3n) is 4.67. The van der Waals surface area contributed by atoms with E-state index in [1.165, 1.54) is 17.3 Å². The number of hydrogen-bond donors (Lipinski definition) is 1. The van der Waals surface area contributed by atoms with E-state index >= 15 is 0 Å². The van der Waals surface area contributed by atoms with Crippen molar-refractivity contribution in [3.63, 3.8) is 0 Å². The molecule has 30 heavy (non-hydrogen) atoms. The van der Waals surface area contributed by atoms with Crippen LogP contribution in [0.5, 0.6) is 0 Å². The normalized spacial score (nSPS) is 10.7. The van der Waals surface area contributed by atoms with Gasteiger partial charge in [-0.1, -0.05) is 90.1 Å². The molecule has 0 spiro atoms. The molecule has 4 aromatic rings. The van der Waals surface area contributed by atoms with Crippen LogP contribution in [0.3, 0.4) is 0 Å². The molecule has 5 heteroatoms. The number of nitrogens with zero attached hydrogens (tertiary/aromatic N) is 1. The molecule has 0 aliphatic carbocycles. The minimum absolute atomic E-state index is 0.0901. The lowest BCUT2D eigenvalue weighted by Gasteiger charge is -2.08. The fourth-order valence-electron chi connectivity index (χ4n) is 3.21. The van der Waals surface area contributed by atoms with Gasteiger partial charge in [0.1, 0.15) is 5.69 Å². The van der Waals surface area contributed by atoms with Crippen molar-refractivity contribution in [2.24, 2.45) is 0 Å². The molecule has 0 aliphatic rings. The lowest BCUT2D eigenvalue weighted by Crippen LogP contribution is -2.14. The maximum Gasteiger partial charge on any atom is 0.257 e. The summed E-state index contributed by atoms with van der Waals surface area (Å²) in [5.41, 5.74) is 5.75. The zero-order valence-electron chi connectivity index (χ0n) is 16.9. The van der Waals surface area contributed by atoms with Crippen LogP contribution in [0.4, 0.5) is 5.69 Å². The number of nitrogens with one attached hydrogen (secondary N) is 1. The molecule has 0 radical (unpaired) electrons. The topological polar surface area (TPSA) is 55.1 Å². The summed E-state index contributed by atoms with van der Waals surface area (Å²) in [6.07, 6.45) is 0. The molecule has 0 fully saturated rings. The number of anilines is 1. The highest BCUT2D eigenvalue weighted by molar-refractivity contribution is 7.99. The second-order valence-electron chi connectivity index (χ2n) is 7.04. The van der Waals surface area contributed by atoms with Crippen molar-refractivity contribution in [3.05, 3.63) is 90.0 Å². The second kappa shape index (κ2) is 9.01. The van der Waals surface area contributed by atoms with Crippen LogP contribution in [0.1, 0.15) is 11.1 Å². The van der Waals surface area contributed by atoms with Gasteiger partial charge in [0, 0.05) is 16.8 Å². The van der Waals surface area contributed by atoms with Crippen LogP contribution < -0.4 is 5.32 Å². The predicted molar refractivity (Wildman–Crippen MR) is 123 cm³/mol. The fourth-order valence-corrected chi connectivity index (χ4v) is 3.83. The van der Waals surface area contributed by atoms with E-state index in [-0.39, 0.29) is 11.7 Å². The number of hydrogen-bond acceptors (Lipinski definition) is 4. The van der Waals surface area contributed by atoms with Gasteiger partial charge < -0.3 is 9.73 Å². The van der Waals surface area contributed by atoms with Crippen LogP contribution in [0, 0.1) is 13.8 Å². The number of carbonyl (C=O) groups is 1. The third kappa shape index (κ3) is 4.63. The Labute approximate surface area is 180 Å². The molecule has 0 unspecified atom stereocenters. The third-order valence-corrected chi connectivity index (χ3v) is 5.50. The first-order valence-electron chi connectivity index (χ1n) is 9.72. The number of amides is 1. The number of aryl methyl sites for hydroxylation is 2. The zero-order valence-corrected chi connectivity index (χ0v) is 17.7. The van der Waals surface area contributed by atoms with Gasteiger partial charge in [-0.2, -0.15) is 0 Å². The van der Waals surface area contributed by atoms with E-state index in [1.54, 1.807) is 0 Å². The largest absolute Gasteiger partial charge is 0.431 e. The van der Waals surface area contributed by atoms with Crippen molar-refractivity contribution in [3.8, 4) is 22.6 Å². The Morgan fingerprint density at radius 3 is 2.27 bits per heavy atom. The molecule has 0 atom stereocenters. The predicted octanol–water partition coefficient (Wildman–Crippen LogP) is 6.36. The quantitative estimate of drug-likeness (QED) is 0.373. The summed E-state index contributed by atoms with van der Waals surface area (Å²) in [7, 11) is 0. The second-order valence-corrected chi connectivity index (χ2v) is 7.97. The number of carbonyl (C=O) groups excluding carboxylic acids is 1. The van der Waals surface area contributed by atoms with Crippen molar-refractivity contribution < 1.29 is 9.21 Å². The molecule has 1 amide bonds. The van der Waals surface area contributed by atoms with E-state index in [9.17, 15) is 4.79 Å². The number of aromatic nitrogens is 1. The van der Waals surface area contributed by atoms with Crippen molar-refractivity contribution in [2.45, 2.75) is 19.1 Å². The standard InChI is InChI=1S/C25H22N2O2S/c1-17-13-14-21(18(2)15-17)26-22(28)16-30-25-27-23(19-9-5-3-6-10-19)24(29-25)20-11-7-4-8-12-20/h3-15H,16H2,1-2H3,(H,26,28). The highest BCUT2D eigenvalue weighted by atomic mass is 32.2. The van der Waals surface area contributed by atoms with E-state index in [0.29, 0.717) is 11.0 Å². The summed E-state index contributed by atoms with van der Waals surface area (Å²) in [5, 5.41) is 3.44. The first-order chi connectivity index (χ1) is 14.6. The average molecular weight is 415 g/mol. The molecule has 1 heterocycles. The van der Waals surface area contributed by atoms with Crippen LogP contribution in [-0.4, -0.2) is 16.6 Å². The van der Waals surface area contributed by atoms with Gasteiger partial charge in [-0.3, -0.25) is 4.79 Å². The monoisotopic (exact) mass is 414 g/mol. The number of benzene rings is 3. The molecule has 4 rings (SSSR count). The minimum Gasteiger partial charge on any atom is -0.431 e. The van der Waals surface area contributed by atoms with Gasteiger partial charge in [-0.05, 0) is 25.5 Å². The molecule has 1 aromatic heterocycles. The highest BCUT2D eigenvalue weighted by Gasteiger charge is 2.18. The van der Waals surface area contributed by atoms with Crippen LogP contribution in [-0.2, 0) is 4.79 Å². The first-order valence-corrected chi connectivity index (χ1v) is 10.7. The molecule has 0 saturated carbocycles. The van der Waals surface area contributed by atoms with Crippen molar-refractivity contribution >= 4 is 23.4 Å². The Kier molecular flexibility index (Phi) is 6.00. The fraction of sp³-hybridized carbons (Fsp3) is 0.120. The smallest absolute Gasteiger partial charge is 0.257 e. The number of oxazole rings is 1. The minimum atomic E-state index is -0.0901. The first kappa shape index (κ1) is 20.0. The molecular formula is C25H22N2O2S. The van der Waals surface area contributed by atoms with E-state index in [1.807, 2.05) is 86.6 Å². The van der Waals surface area contributed by atoms with E-state index in [2.05, 4.69) is 16.4 Å². The van der Waals surface area contributed by atoms with Gasteiger partial charge >= 0.3 is 0 Å². The molecule has 4 nitrogen and oxygen atoms in total. The molecule has 0 aliphatic heterocycles. The van der Waals surface area contributed by atoms with E-state index in [0.717, 1.165) is 28.1 Å². The Bertz CT molecular complexity index is 1100. The summed E-state index contributed by atoms with van der Waals surface area (Å²) in [6.45, 7) is 4.02. The van der Waals surface area contributed by atoms with Crippen LogP contribution in [0.25, 0.3) is 22.6 Å². The summed E-state index contributed by atoms with van der Waals surface area (Å²) >= 11 is 1.29. The van der Waals surface area contributed by atoms with Crippen LogP contribution in [0.2, 0.25) is 0 Å². The summed E-state index contributed by atoms with van der Waals surface area (Å²) in [4.78, 5) is 17.1. The van der Waals surface area contributed by atoms with E-state index in [4.69, 9.17) is 4.42 Å². The zero-order chi connectivity index (χ0) is 20.9. The van der Waals surface area contributed by atoms with E-state index < -0.39 is 0 Å². The molecule has 1 N–H and O–H groups in total. The lowest BCUT2D eigenvalue weighted by atomic mass is 10.1. The van der Waals surface area contributed by atoms with Gasteiger partial charge in [0.2, 0.25) is 5.91 Å². The SMILES string of the molecule is Cc1ccc(NC(=O)CSc2nc(-c3ccccc3)c(-c3ccccc3)o2)c(C)c1. The lowest BCUT2D eigenvalue weighted by molar-refractivity contribution is -0.113.